The summed E-state index contributed by atoms with van der Waals surface area (Å²) in [5, 5.41) is 0.363. The summed E-state index contributed by atoms with van der Waals surface area (Å²) in [6.45, 7) is 0. The van der Waals surface area contributed by atoms with E-state index in [0.717, 1.165) is 11.8 Å². The maximum Gasteiger partial charge on any atom is 0.306 e. The van der Waals surface area contributed by atoms with Crippen molar-refractivity contribution in [2.24, 2.45) is 0 Å². The van der Waals surface area contributed by atoms with Crippen LogP contribution in [-0.4, -0.2) is 14.7 Å². The van der Waals surface area contributed by atoms with Crippen molar-refractivity contribution in [3.63, 3.8) is 0 Å². The van der Waals surface area contributed by atoms with Crippen molar-refractivity contribution >= 4 is 21.1 Å². The molecule has 0 aliphatic rings. The zero-order valence-electron chi connectivity index (χ0n) is 11.6. The second kappa shape index (κ2) is 5.31. The fourth-order valence-electron chi connectivity index (χ4n) is 2.15. The van der Waals surface area contributed by atoms with E-state index >= 15 is 0 Å². The first kappa shape index (κ1) is 14.3. The van der Waals surface area contributed by atoms with E-state index in [4.69, 9.17) is 8.60 Å². The summed E-state index contributed by atoms with van der Waals surface area (Å²) >= 11 is 0. The number of hydrogen-bond donors (Lipinski definition) is 0. The molecule has 0 atom stereocenters. The summed E-state index contributed by atoms with van der Waals surface area (Å²) in [4.78, 5) is 12.5. The van der Waals surface area contributed by atoms with E-state index in [1.54, 1.807) is 0 Å². The third kappa shape index (κ3) is 2.87. The van der Waals surface area contributed by atoms with Gasteiger partial charge in [-0.1, -0.05) is 30.3 Å². The zero-order valence-corrected chi connectivity index (χ0v) is 12.5. The van der Waals surface area contributed by atoms with Gasteiger partial charge in [0.1, 0.15) is 17.6 Å². The second-order valence-electron chi connectivity index (χ2n) is 4.79. The van der Waals surface area contributed by atoms with Crippen molar-refractivity contribution < 1.29 is 17.0 Å². The lowest BCUT2D eigenvalue weighted by Crippen LogP contribution is -2.07. The summed E-state index contributed by atoms with van der Waals surface area (Å²) in [7, 11) is -3.63. The minimum absolute atomic E-state index is 0.102. The van der Waals surface area contributed by atoms with Crippen LogP contribution in [0, 0.1) is 0 Å². The molecule has 0 aliphatic carbocycles. The van der Waals surface area contributed by atoms with Crippen LogP contribution in [0.3, 0.4) is 0 Å². The Kier molecular flexibility index (Phi) is 3.46. The lowest BCUT2D eigenvalue weighted by Gasteiger charge is -2.05. The van der Waals surface area contributed by atoms with Gasteiger partial charge in [0, 0.05) is 6.07 Å². The van der Waals surface area contributed by atoms with E-state index in [-0.39, 0.29) is 16.8 Å². The average molecular weight is 316 g/mol. The lowest BCUT2D eigenvalue weighted by atomic mass is 10.1. The van der Waals surface area contributed by atoms with Crippen LogP contribution >= 0.6 is 0 Å². The minimum atomic E-state index is -3.63. The molecule has 3 rings (SSSR count). The van der Waals surface area contributed by atoms with E-state index in [1.165, 1.54) is 24.5 Å². The molecule has 1 heterocycles. The predicted octanol–water partition coefficient (Wildman–Crippen LogP) is 2.80. The molecule has 0 bridgehead atoms. The highest BCUT2D eigenvalue weighted by Crippen LogP contribution is 2.23. The molecule has 6 heteroatoms. The van der Waals surface area contributed by atoms with Gasteiger partial charge in [0.2, 0.25) is 0 Å². The molecule has 2 aromatic carbocycles. The molecule has 0 aliphatic heterocycles. The largest absolute Gasteiger partial charge is 0.463 e. The fourth-order valence-corrected chi connectivity index (χ4v) is 2.61. The van der Waals surface area contributed by atoms with Crippen molar-refractivity contribution in [3.8, 4) is 16.9 Å². The van der Waals surface area contributed by atoms with Crippen LogP contribution < -0.4 is 9.61 Å². The SMILES string of the molecule is CS(=O)(=O)Oc1ccc2c(=O)c(-c3ccccc3)coc2c1. The first-order valence-corrected chi connectivity index (χ1v) is 8.26. The molecular weight excluding hydrogens is 304 g/mol. The maximum atomic E-state index is 12.5. The van der Waals surface area contributed by atoms with Crippen LogP contribution in [0.5, 0.6) is 5.75 Å². The third-order valence-corrected chi connectivity index (χ3v) is 3.57. The Labute approximate surface area is 126 Å². The first-order valence-electron chi connectivity index (χ1n) is 6.44. The standard InChI is InChI=1S/C16H12O5S/c1-22(18,19)21-12-7-8-13-15(9-12)20-10-14(16(13)17)11-5-3-2-4-6-11/h2-10H,1H3. The van der Waals surface area contributed by atoms with E-state index in [1.807, 2.05) is 30.3 Å². The first-order chi connectivity index (χ1) is 10.4. The zero-order chi connectivity index (χ0) is 15.7. The van der Waals surface area contributed by atoms with Gasteiger partial charge in [-0.25, -0.2) is 0 Å². The van der Waals surface area contributed by atoms with E-state index in [0.29, 0.717) is 10.9 Å². The van der Waals surface area contributed by atoms with Gasteiger partial charge in [-0.3, -0.25) is 4.79 Å². The van der Waals surface area contributed by atoms with Gasteiger partial charge in [0.05, 0.1) is 17.2 Å². The Morgan fingerprint density at radius 3 is 2.45 bits per heavy atom. The highest BCUT2D eigenvalue weighted by atomic mass is 32.2. The number of hydrogen-bond acceptors (Lipinski definition) is 5. The third-order valence-electron chi connectivity index (χ3n) is 3.08. The molecule has 0 unspecified atom stereocenters. The van der Waals surface area contributed by atoms with Gasteiger partial charge in [-0.15, -0.1) is 0 Å². The number of benzene rings is 2. The van der Waals surface area contributed by atoms with Crippen molar-refractivity contribution in [1.82, 2.24) is 0 Å². The Hall–Kier alpha value is -2.60. The van der Waals surface area contributed by atoms with Gasteiger partial charge >= 0.3 is 10.1 Å². The Morgan fingerprint density at radius 1 is 1.05 bits per heavy atom. The second-order valence-corrected chi connectivity index (χ2v) is 6.36. The molecule has 0 saturated heterocycles. The molecule has 3 aromatic rings. The Bertz CT molecular complexity index is 988. The molecule has 22 heavy (non-hydrogen) atoms. The van der Waals surface area contributed by atoms with E-state index in [9.17, 15) is 13.2 Å². The molecule has 0 saturated carbocycles. The summed E-state index contributed by atoms with van der Waals surface area (Å²) in [6, 6.07) is 13.5. The molecule has 1 aromatic heterocycles. The van der Waals surface area contributed by atoms with Crippen LogP contribution in [0.15, 0.2) is 64.0 Å². The smallest absolute Gasteiger partial charge is 0.306 e. The highest BCUT2D eigenvalue weighted by Gasteiger charge is 2.11. The quantitative estimate of drug-likeness (QED) is 0.695. The van der Waals surface area contributed by atoms with Crippen molar-refractivity contribution in [1.29, 1.82) is 0 Å². The Morgan fingerprint density at radius 2 is 1.77 bits per heavy atom. The topological polar surface area (TPSA) is 73.6 Å². The lowest BCUT2D eigenvalue weighted by molar-refractivity contribution is 0.492. The van der Waals surface area contributed by atoms with Gasteiger partial charge in [-0.05, 0) is 17.7 Å². The fraction of sp³-hybridized carbons (Fsp3) is 0.0625. The minimum Gasteiger partial charge on any atom is -0.463 e. The summed E-state index contributed by atoms with van der Waals surface area (Å²) in [6.07, 6.45) is 2.32. The summed E-state index contributed by atoms with van der Waals surface area (Å²) in [5.74, 6) is 0.102. The van der Waals surface area contributed by atoms with Crippen molar-refractivity contribution in [2.45, 2.75) is 0 Å². The van der Waals surface area contributed by atoms with Gasteiger partial charge in [-0.2, -0.15) is 8.42 Å². The van der Waals surface area contributed by atoms with E-state index in [2.05, 4.69) is 0 Å². The molecule has 0 spiro atoms. The van der Waals surface area contributed by atoms with Crippen LogP contribution in [0.2, 0.25) is 0 Å². The van der Waals surface area contributed by atoms with Crippen LogP contribution in [0.25, 0.3) is 22.1 Å². The van der Waals surface area contributed by atoms with Gasteiger partial charge < -0.3 is 8.60 Å². The maximum absolute atomic E-state index is 12.5. The monoisotopic (exact) mass is 316 g/mol. The molecule has 5 nitrogen and oxygen atoms in total. The molecular formula is C16H12O5S. The van der Waals surface area contributed by atoms with Crippen molar-refractivity contribution in [2.75, 3.05) is 6.26 Å². The van der Waals surface area contributed by atoms with Gasteiger partial charge in [0.15, 0.2) is 5.43 Å². The average Bonchev–Trinajstić information content (AvgIpc) is 2.47. The van der Waals surface area contributed by atoms with E-state index < -0.39 is 10.1 Å². The van der Waals surface area contributed by atoms with Crippen LogP contribution in [0.4, 0.5) is 0 Å². The molecule has 0 radical (unpaired) electrons. The predicted molar refractivity (Wildman–Crippen MR) is 83.4 cm³/mol. The number of rotatable bonds is 3. The summed E-state index contributed by atoms with van der Waals surface area (Å²) in [5.41, 5.74) is 1.30. The van der Waals surface area contributed by atoms with Crippen LogP contribution in [0.1, 0.15) is 0 Å². The molecule has 0 fully saturated rings. The molecule has 0 N–H and O–H groups in total. The normalized spacial score (nSPS) is 11.5. The summed E-state index contributed by atoms with van der Waals surface area (Å²) < 4.78 is 32.5. The van der Waals surface area contributed by atoms with Crippen molar-refractivity contribution in [3.05, 3.63) is 65.0 Å². The van der Waals surface area contributed by atoms with Crippen LogP contribution in [-0.2, 0) is 10.1 Å². The highest BCUT2D eigenvalue weighted by molar-refractivity contribution is 7.86. The van der Waals surface area contributed by atoms with Gasteiger partial charge in [0.25, 0.3) is 0 Å². The Balaban J connectivity index is 2.14. The molecule has 0 amide bonds. The number of fused-ring (bicyclic) bond motifs is 1. The molecule has 112 valence electrons.